The Hall–Kier alpha value is -1.94. The highest BCUT2D eigenvalue weighted by molar-refractivity contribution is 6.03. The number of aromatic carboxylic acids is 1. The van der Waals surface area contributed by atoms with E-state index in [1.807, 2.05) is 26.1 Å². The number of aromatic nitrogens is 1. The van der Waals surface area contributed by atoms with Crippen molar-refractivity contribution in [3.63, 3.8) is 0 Å². The quantitative estimate of drug-likeness (QED) is 0.863. The van der Waals surface area contributed by atoms with E-state index in [2.05, 4.69) is 10.3 Å². The van der Waals surface area contributed by atoms with Crippen LogP contribution in [0.1, 0.15) is 21.6 Å². The largest absolute Gasteiger partial charge is 0.478 e. The number of nitrogens with one attached hydrogen (secondary N) is 1. The second-order valence-corrected chi connectivity index (χ2v) is 4.29. The zero-order valence-electron chi connectivity index (χ0n) is 10.5. The van der Waals surface area contributed by atoms with Crippen LogP contribution in [0.15, 0.2) is 24.3 Å². The minimum atomic E-state index is -0.904. The molecule has 0 aliphatic carbocycles. The molecule has 0 fully saturated rings. The number of carboxylic acids is 1. The maximum atomic E-state index is 11.3. The van der Waals surface area contributed by atoms with Crippen molar-refractivity contribution in [3.05, 3.63) is 41.1 Å². The molecule has 4 nitrogen and oxygen atoms in total. The number of pyridine rings is 1. The van der Waals surface area contributed by atoms with Gasteiger partial charge in [0.05, 0.1) is 11.1 Å². The van der Waals surface area contributed by atoms with Gasteiger partial charge in [-0.2, -0.15) is 0 Å². The highest BCUT2D eigenvalue weighted by atomic mass is 16.4. The summed E-state index contributed by atoms with van der Waals surface area (Å²) in [6, 6.07) is 7.28. The van der Waals surface area contributed by atoms with Crippen LogP contribution < -0.4 is 5.32 Å². The van der Waals surface area contributed by atoms with Crippen molar-refractivity contribution in [2.75, 3.05) is 13.6 Å². The van der Waals surface area contributed by atoms with Gasteiger partial charge in [0.2, 0.25) is 0 Å². The predicted molar refractivity (Wildman–Crippen MR) is 71.1 cm³/mol. The van der Waals surface area contributed by atoms with Gasteiger partial charge in [0.1, 0.15) is 0 Å². The van der Waals surface area contributed by atoms with E-state index < -0.39 is 5.97 Å². The van der Waals surface area contributed by atoms with Gasteiger partial charge in [0.15, 0.2) is 0 Å². The number of rotatable bonds is 4. The second-order valence-electron chi connectivity index (χ2n) is 4.29. The van der Waals surface area contributed by atoms with Crippen LogP contribution in [0.3, 0.4) is 0 Å². The molecule has 0 aliphatic heterocycles. The van der Waals surface area contributed by atoms with Gasteiger partial charge in [0, 0.05) is 24.0 Å². The summed E-state index contributed by atoms with van der Waals surface area (Å²) < 4.78 is 0. The summed E-state index contributed by atoms with van der Waals surface area (Å²) in [5, 5.41) is 13.0. The summed E-state index contributed by atoms with van der Waals surface area (Å²) in [6.45, 7) is 2.73. The molecule has 0 unspecified atom stereocenters. The van der Waals surface area contributed by atoms with E-state index >= 15 is 0 Å². The van der Waals surface area contributed by atoms with Gasteiger partial charge < -0.3 is 10.4 Å². The van der Waals surface area contributed by atoms with Crippen molar-refractivity contribution >= 4 is 16.9 Å². The van der Waals surface area contributed by atoms with Gasteiger partial charge in [-0.3, -0.25) is 4.98 Å². The first kappa shape index (κ1) is 12.5. The fourth-order valence-electron chi connectivity index (χ4n) is 2.00. The van der Waals surface area contributed by atoms with Crippen LogP contribution in [0.2, 0.25) is 0 Å². The number of benzene rings is 1. The third kappa shape index (κ3) is 2.33. The molecule has 0 aliphatic rings. The molecule has 1 aromatic heterocycles. The molecule has 0 saturated carbocycles. The van der Waals surface area contributed by atoms with Crippen LogP contribution in [-0.4, -0.2) is 29.7 Å². The lowest BCUT2D eigenvalue weighted by molar-refractivity contribution is 0.0699. The lowest BCUT2D eigenvalue weighted by Crippen LogP contribution is -2.12. The fraction of sp³-hybridized carbons (Fsp3) is 0.286. The summed E-state index contributed by atoms with van der Waals surface area (Å²) in [4.78, 5) is 15.9. The Labute approximate surface area is 106 Å². The number of nitrogens with zero attached hydrogens (tertiary/aromatic N) is 1. The number of hydrogen-bond acceptors (Lipinski definition) is 3. The molecule has 1 heterocycles. The third-order valence-electron chi connectivity index (χ3n) is 2.96. The molecular formula is C14H16N2O2. The Kier molecular flexibility index (Phi) is 3.58. The number of hydrogen-bond donors (Lipinski definition) is 2. The highest BCUT2D eigenvalue weighted by Crippen LogP contribution is 2.21. The first-order valence-corrected chi connectivity index (χ1v) is 5.90. The van der Waals surface area contributed by atoms with Crippen molar-refractivity contribution in [2.24, 2.45) is 0 Å². The lowest BCUT2D eigenvalue weighted by atomic mass is 10.0. The van der Waals surface area contributed by atoms with Crippen LogP contribution in [0, 0.1) is 6.92 Å². The van der Waals surface area contributed by atoms with Gasteiger partial charge >= 0.3 is 5.97 Å². The molecule has 1 aromatic carbocycles. The standard InChI is InChI=1S/C14H16N2O2/c1-9-4-3-5-11-12(14(17)18)8-10(6-7-15-2)16-13(9)11/h3-5,8,15H,6-7H2,1-2H3,(H,17,18). The second kappa shape index (κ2) is 5.14. The maximum Gasteiger partial charge on any atom is 0.336 e. The molecule has 2 N–H and O–H groups in total. The molecule has 0 atom stereocenters. The smallest absolute Gasteiger partial charge is 0.336 e. The highest BCUT2D eigenvalue weighted by Gasteiger charge is 2.12. The normalized spacial score (nSPS) is 10.8. The van der Waals surface area contributed by atoms with E-state index in [1.165, 1.54) is 0 Å². The van der Waals surface area contributed by atoms with Crippen LogP contribution in [-0.2, 0) is 6.42 Å². The van der Waals surface area contributed by atoms with Gasteiger partial charge in [-0.1, -0.05) is 18.2 Å². The van der Waals surface area contributed by atoms with E-state index in [1.54, 1.807) is 12.1 Å². The van der Waals surface area contributed by atoms with Crippen LogP contribution in [0.5, 0.6) is 0 Å². The summed E-state index contributed by atoms with van der Waals surface area (Å²) in [6.07, 6.45) is 0.723. The number of carbonyl (C=O) groups is 1. The predicted octanol–water partition coefficient (Wildman–Crippen LogP) is 2.00. The zero-order chi connectivity index (χ0) is 13.1. The number of aryl methyl sites for hydroxylation is 1. The van der Waals surface area contributed by atoms with Crippen LogP contribution >= 0.6 is 0 Å². The topological polar surface area (TPSA) is 62.2 Å². The van der Waals surface area contributed by atoms with Crippen molar-refractivity contribution in [1.82, 2.24) is 10.3 Å². The van der Waals surface area contributed by atoms with Crippen molar-refractivity contribution < 1.29 is 9.90 Å². The number of carboxylic acid groups (broad SMARTS) is 1. The van der Waals surface area contributed by atoms with E-state index in [-0.39, 0.29) is 0 Å². The molecule has 0 bridgehead atoms. The number of likely N-dealkylation sites (N-methyl/N-ethyl adjacent to an activating group) is 1. The maximum absolute atomic E-state index is 11.3. The molecule has 94 valence electrons. The van der Waals surface area contributed by atoms with Gasteiger partial charge in [-0.25, -0.2) is 4.79 Å². The lowest BCUT2D eigenvalue weighted by Gasteiger charge is -2.08. The number of para-hydroxylation sites is 1. The van der Waals surface area contributed by atoms with Crippen molar-refractivity contribution in [2.45, 2.75) is 13.3 Å². The Morgan fingerprint density at radius 1 is 1.44 bits per heavy atom. The van der Waals surface area contributed by atoms with Crippen molar-refractivity contribution in [3.8, 4) is 0 Å². The van der Waals surface area contributed by atoms with E-state index in [0.717, 1.165) is 29.7 Å². The first-order valence-electron chi connectivity index (χ1n) is 5.90. The molecule has 0 amide bonds. The molecule has 2 aromatic rings. The van der Waals surface area contributed by atoms with Gasteiger partial charge in [-0.15, -0.1) is 0 Å². The average molecular weight is 244 g/mol. The fourth-order valence-corrected chi connectivity index (χ4v) is 2.00. The zero-order valence-corrected chi connectivity index (χ0v) is 10.5. The Balaban J connectivity index is 2.63. The molecule has 0 radical (unpaired) electrons. The molecule has 18 heavy (non-hydrogen) atoms. The minimum absolute atomic E-state index is 0.329. The molecule has 0 spiro atoms. The van der Waals surface area contributed by atoms with E-state index in [0.29, 0.717) is 10.9 Å². The summed E-state index contributed by atoms with van der Waals surface area (Å²) in [5.41, 5.74) is 2.92. The summed E-state index contributed by atoms with van der Waals surface area (Å²) in [5.74, 6) is -0.904. The average Bonchev–Trinajstić information content (AvgIpc) is 2.36. The van der Waals surface area contributed by atoms with Gasteiger partial charge in [0.25, 0.3) is 0 Å². The van der Waals surface area contributed by atoms with E-state index in [4.69, 9.17) is 0 Å². The number of fused-ring (bicyclic) bond motifs is 1. The molecule has 4 heteroatoms. The summed E-state index contributed by atoms with van der Waals surface area (Å²) in [7, 11) is 1.87. The van der Waals surface area contributed by atoms with Gasteiger partial charge in [-0.05, 0) is 25.6 Å². The Bertz CT molecular complexity index is 594. The summed E-state index contributed by atoms with van der Waals surface area (Å²) >= 11 is 0. The molecule has 0 saturated heterocycles. The SMILES string of the molecule is CNCCc1cc(C(=O)O)c2cccc(C)c2n1. The van der Waals surface area contributed by atoms with E-state index in [9.17, 15) is 9.90 Å². The Morgan fingerprint density at radius 2 is 2.22 bits per heavy atom. The third-order valence-corrected chi connectivity index (χ3v) is 2.96. The van der Waals surface area contributed by atoms with Crippen LogP contribution in [0.4, 0.5) is 0 Å². The monoisotopic (exact) mass is 244 g/mol. The Morgan fingerprint density at radius 3 is 2.89 bits per heavy atom. The van der Waals surface area contributed by atoms with Crippen LogP contribution in [0.25, 0.3) is 10.9 Å². The molecule has 2 rings (SSSR count). The van der Waals surface area contributed by atoms with Crippen molar-refractivity contribution in [1.29, 1.82) is 0 Å². The first-order chi connectivity index (χ1) is 8.63. The molecular weight excluding hydrogens is 228 g/mol. The minimum Gasteiger partial charge on any atom is -0.478 e.